The molecule has 6 nitrogen and oxygen atoms in total. The third-order valence-electron chi connectivity index (χ3n) is 4.04. The number of carbonyl (C=O) groups excluding carboxylic acids is 2. The molecule has 0 atom stereocenters. The lowest BCUT2D eigenvalue weighted by molar-refractivity contribution is -0.124. The molecular weight excluding hydrogens is 378 g/mol. The summed E-state index contributed by atoms with van der Waals surface area (Å²) in [6.45, 7) is 1.52. The lowest BCUT2D eigenvalue weighted by atomic mass is 10.1. The first-order valence-corrected chi connectivity index (χ1v) is 8.43. The van der Waals surface area contributed by atoms with E-state index in [2.05, 4.69) is 9.97 Å². The van der Waals surface area contributed by atoms with Gasteiger partial charge in [0.15, 0.2) is 5.78 Å². The van der Waals surface area contributed by atoms with Crippen LogP contribution in [0, 0.1) is 0 Å². The van der Waals surface area contributed by atoms with Gasteiger partial charge in [-0.3, -0.25) is 14.8 Å². The molecule has 0 aliphatic carbocycles. The van der Waals surface area contributed by atoms with E-state index in [1.807, 2.05) is 54.6 Å². The number of hydrogen-bond donors (Lipinski definition) is 3. The van der Waals surface area contributed by atoms with Crippen LogP contribution in [0.1, 0.15) is 34.4 Å². The van der Waals surface area contributed by atoms with E-state index in [0.717, 1.165) is 16.7 Å². The second kappa shape index (κ2) is 9.64. The van der Waals surface area contributed by atoms with Crippen LogP contribution in [0.15, 0.2) is 60.7 Å². The Morgan fingerprint density at radius 1 is 1.11 bits per heavy atom. The quantitative estimate of drug-likeness (QED) is 0.255. The molecule has 144 valence electrons. The molecule has 0 aliphatic rings. The Hall–Kier alpha value is -3.22. The SMILES string of the molecule is CC(=O)c1[nH]c(Cc2ccc(/C=C/C(=O)NO)cc2)nc1-c1ccccc1.Cl. The summed E-state index contributed by atoms with van der Waals surface area (Å²) in [4.78, 5) is 30.7. The topological polar surface area (TPSA) is 95.1 Å². The second-order valence-corrected chi connectivity index (χ2v) is 6.06. The predicted octanol–water partition coefficient (Wildman–Crippen LogP) is 3.81. The average molecular weight is 398 g/mol. The standard InChI is InChI=1S/C21H19N3O3.ClH/c1-14(25)20-21(17-5-3-2-4-6-17)23-18(22-20)13-16-9-7-15(8-10-16)11-12-19(26)24-27;/h2-12,27H,13H2,1H3,(H,22,23)(H,24,26);1H/b12-11+;. The Bertz CT molecular complexity index is 980. The Kier molecular flexibility index (Phi) is 7.26. The van der Waals surface area contributed by atoms with Gasteiger partial charge < -0.3 is 4.98 Å². The summed E-state index contributed by atoms with van der Waals surface area (Å²) in [7, 11) is 0. The fraction of sp³-hybridized carbons (Fsp3) is 0.0952. The van der Waals surface area contributed by atoms with Gasteiger partial charge >= 0.3 is 0 Å². The molecule has 3 N–H and O–H groups in total. The van der Waals surface area contributed by atoms with Crippen LogP contribution < -0.4 is 5.48 Å². The molecule has 0 unspecified atom stereocenters. The van der Waals surface area contributed by atoms with Crippen LogP contribution in [-0.4, -0.2) is 26.9 Å². The number of hydrogen-bond acceptors (Lipinski definition) is 4. The number of amides is 1. The van der Waals surface area contributed by atoms with Gasteiger partial charge in [0.1, 0.15) is 11.5 Å². The molecule has 0 bridgehead atoms. The molecule has 28 heavy (non-hydrogen) atoms. The van der Waals surface area contributed by atoms with Crippen molar-refractivity contribution in [2.75, 3.05) is 0 Å². The van der Waals surface area contributed by atoms with E-state index in [1.165, 1.54) is 13.0 Å². The summed E-state index contributed by atoms with van der Waals surface area (Å²) in [5.41, 5.74) is 5.45. The number of nitrogens with zero attached hydrogens (tertiary/aromatic N) is 1. The summed E-state index contributed by atoms with van der Waals surface area (Å²) in [5.74, 6) is 0.0668. The van der Waals surface area contributed by atoms with Gasteiger partial charge in [-0.1, -0.05) is 54.6 Å². The van der Waals surface area contributed by atoms with Crippen molar-refractivity contribution in [3.8, 4) is 11.3 Å². The van der Waals surface area contributed by atoms with Gasteiger partial charge in [-0.25, -0.2) is 10.5 Å². The van der Waals surface area contributed by atoms with E-state index in [9.17, 15) is 9.59 Å². The van der Waals surface area contributed by atoms with Gasteiger partial charge in [-0.15, -0.1) is 12.4 Å². The maximum Gasteiger partial charge on any atom is 0.267 e. The number of hydroxylamine groups is 1. The first kappa shape index (κ1) is 21.1. The number of H-pyrrole nitrogens is 1. The van der Waals surface area contributed by atoms with Crippen molar-refractivity contribution in [2.24, 2.45) is 0 Å². The molecule has 0 fully saturated rings. The van der Waals surface area contributed by atoms with E-state index >= 15 is 0 Å². The molecule has 2 aromatic carbocycles. The summed E-state index contributed by atoms with van der Waals surface area (Å²) in [6, 6.07) is 17.2. The first-order valence-electron chi connectivity index (χ1n) is 8.43. The second-order valence-electron chi connectivity index (χ2n) is 6.06. The van der Waals surface area contributed by atoms with Crippen LogP contribution in [0.4, 0.5) is 0 Å². The molecule has 3 aromatic rings. The van der Waals surface area contributed by atoms with Crippen molar-refractivity contribution in [3.63, 3.8) is 0 Å². The molecule has 3 rings (SSSR count). The van der Waals surface area contributed by atoms with Crippen molar-refractivity contribution < 1.29 is 14.8 Å². The molecule has 0 saturated carbocycles. The van der Waals surface area contributed by atoms with Crippen molar-refractivity contribution in [2.45, 2.75) is 13.3 Å². The number of halogens is 1. The summed E-state index contributed by atoms with van der Waals surface area (Å²) >= 11 is 0. The Morgan fingerprint density at radius 3 is 2.39 bits per heavy atom. The van der Waals surface area contributed by atoms with Crippen LogP contribution in [0.3, 0.4) is 0 Å². The number of Topliss-reactive ketones (excluding diaryl/α,β-unsaturated/α-hetero) is 1. The average Bonchev–Trinajstić information content (AvgIpc) is 3.12. The first-order chi connectivity index (χ1) is 13.1. The van der Waals surface area contributed by atoms with Gasteiger partial charge in [0.25, 0.3) is 5.91 Å². The van der Waals surface area contributed by atoms with Crippen molar-refractivity contribution in [3.05, 3.63) is 83.3 Å². The zero-order chi connectivity index (χ0) is 19.2. The molecular formula is C21H20ClN3O3. The zero-order valence-electron chi connectivity index (χ0n) is 15.2. The largest absolute Gasteiger partial charge is 0.339 e. The Balaban J connectivity index is 0.00000280. The minimum atomic E-state index is -0.583. The van der Waals surface area contributed by atoms with Crippen LogP contribution >= 0.6 is 12.4 Å². The highest BCUT2D eigenvalue weighted by Crippen LogP contribution is 2.23. The van der Waals surface area contributed by atoms with Crippen molar-refractivity contribution in [1.82, 2.24) is 15.4 Å². The van der Waals surface area contributed by atoms with E-state index < -0.39 is 5.91 Å². The fourth-order valence-corrected chi connectivity index (χ4v) is 2.71. The number of aromatic nitrogens is 2. The lowest BCUT2D eigenvalue weighted by Gasteiger charge is -2.00. The summed E-state index contributed by atoms with van der Waals surface area (Å²) in [6.07, 6.45) is 3.39. The number of carbonyl (C=O) groups is 2. The molecule has 7 heteroatoms. The highest BCUT2D eigenvalue weighted by atomic mass is 35.5. The van der Waals surface area contributed by atoms with Crippen LogP contribution in [0.2, 0.25) is 0 Å². The number of imidazole rings is 1. The number of ketones is 1. The third-order valence-corrected chi connectivity index (χ3v) is 4.04. The summed E-state index contributed by atoms with van der Waals surface area (Å²) < 4.78 is 0. The normalized spacial score (nSPS) is 10.5. The molecule has 0 aliphatic heterocycles. The van der Waals surface area contributed by atoms with Crippen molar-refractivity contribution >= 4 is 30.2 Å². The Labute approximate surface area is 168 Å². The van der Waals surface area contributed by atoms with Crippen LogP contribution in [-0.2, 0) is 11.2 Å². The fourth-order valence-electron chi connectivity index (χ4n) is 2.71. The maximum absolute atomic E-state index is 12.0. The smallest absolute Gasteiger partial charge is 0.267 e. The highest BCUT2D eigenvalue weighted by Gasteiger charge is 2.15. The minimum absolute atomic E-state index is 0. The van der Waals surface area contributed by atoms with E-state index in [4.69, 9.17) is 5.21 Å². The van der Waals surface area contributed by atoms with Gasteiger partial charge in [0.05, 0.1) is 5.69 Å². The minimum Gasteiger partial charge on any atom is -0.339 e. The number of aromatic amines is 1. The number of benzene rings is 2. The lowest BCUT2D eigenvalue weighted by Crippen LogP contribution is -2.14. The Morgan fingerprint density at radius 2 is 1.79 bits per heavy atom. The predicted molar refractivity (Wildman–Crippen MR) is 109 cm³/mol. The number of rotatable bonds is 6. The maximum atomic E-state index is 12.0. The zero-order valence-corrected chi connectivity index (χ0v) is 16.0. The third kappa shape index (κ3) is 5.16. The highest BCUT2D eigenvalue weighted by molar-refractivity contribution is 5.98. The molecule has 1 aromatic heterocycles. The van der Waals surface area contributed by atoms with Crippen LogP contribution in [0.5, 0.6) is 0 Å². The molecule has 1 amide bonds. The van der Waals surface area contributed by atoms with E-state index in [0.29, 0.717) is 23.6 Å². The van der Waals surface area contributed by atoms with Gasteiger partial charge in [0.2, 0.25) is 0 Å². The van der Waals surface area contributed by atoms with Crippen molar-refractivity contribution in [1.29, 1.82) is 0 Å². The number of nitrogens with one attached hydrogen (secondary N) is 2. The van der Waals surface area contributed by atoms with Gasteiger partial charge in [0, 0.05) is 25.0 Å². The van der Waals surface area contributed by atoms with Gasteiger partial charge in [-0.05, 0) is 17.2 Å². The van der Waals surface area contributed by atoms with Crippen LogP contribution in [0.25, 0.3) is 17.3 Å². The van der Waals surface area contributed by atoms with Gasteiger partial charge in [-0.2, -0.15) is 0 Å². The monoisotopic (exact) mass is 397 g/mol. The summed E-state index contributed by atoms with van der Waals surface area (Å²) in [5, 5.41) is 8.48. The van der Waals surface area contributed by atoms with E-state index in [1.54, 1.807) is 11.6 Å². The molecule has 0 spiro atoms. The van der Waals surface area contributed by atoms with E-state index in [-0.39, 0.29) is 18.2 Å². The molecule has 0 saturated heterocycles. The molecule has 1 heterocycles. The molecule has 0 radical (unpaired) electrons.